The van der Waals surface area contributed by atoms with Gasteiger partial charge in [0.05, 0.1) is 16.8 Å². The molecule has 0 radical (unpaired) electrons. The van der Waals surface area contributed by atoms with E-state index < -0.39 is 31.4 Å². The van der Waals surface area contributed by atoms with Crippen molar-refractivity contribution in [2.24, 2.45) is 7.05 Å². The number of hydrogen-bond donors (Lipinski definition) is 0. The number of aromatic nitrogens is 3. The van der Waals surface area contributed by atoms with Gasteiger partial charge in [-0.25, -0.2) is 18.4 Å². The molecule has 0 aliphatic heterocycles. The maximum atomic E-state index is 12.7. The van der Waals surface area contributed by atoms with Crippen molar-refractivity contribution in [3.8, 4) is 11.4 Å². The summed E-state index contributed by atoms with van der Waals surface area (Å²) in [6.45, 7) is 1.52. The van der Waals surface area contributed by atoms with Crippen LogP contribution in [0.15, 0.2) is 46.3 Å². The zero-order valence-corrected chi connectivity index (χ0v) is 15.8. The molecule has 0 saturated carbocycles. The summed E-state index contributed by atoms with van der Waals surface area (Å²) in [4.78, 5) is 7.74. The SMILES string of the molecule is CCS(=O)(=O)c1ccccc1-c1nc2cc([S+]([O-])C(F)(F)F)cnc2n1C. The maximum Gasteiger partial charge on any atom is 0.578 e. The van der Waals surface area contributed by atoms with Crippen LogP contribution >= 0.6 is 0 Å². The summed E-state index contributed by atoms with van der Waals surface area (Å²) in [6, 6.07) is 7.29. The van der Waals surface area contributed by atoms with E-state index in [1.54, 1.807) is 25.2 Å². The normalized spacial score (nSPS) is 13.9. The fourth-order valence-corrected chi connectivity index (χ4v) is 4.34. The highest BCUT2D eigenvalue weighted by atomic mass is 32.2. The quantitative estimate of drug-likeness (QED) is 0.609. The fourth-order valence-electron chi connectivity index (χ4n) is 2.61. The molecule has 1 atom stereocenters. The number of alkyl halides is 3. The second kappa shape index (κ2) is 6.80. The van der Waals surface area contributed by atoms with Crippen LogP contribution in [0.25, 0.3) is 22.6 Å². The molecule has 144 valence electrons. The van der Waals surface area contributed by atoms with Gasteiger partial charge in [0.25, 0.3) is 0 Å². The first-order chi connectivity index (χ1) is 12.6. The molecule has 3 rings (SSSR count). The number of nitrogens with zero attached hydrogens (tertiary/aromatic N) is 3. The van der Waals surface area contributed by atoms with Crippen molar-refractivity contribution >= 4 is 32.2 Å². The summed E-state index contributed by atoms with van der Waals surface area (Å²) in [7, 11) is -1.97. The van der Waals surface area contributed by atoms with E-state index in [1.165, 1.54) is 17.6 Å². The van der Waals surface area contributed by atoms with Gasteiger partial charge in [0.2, 0.25) is 0 Å². The van der Waals surface area contributed by atoms with Crippen molar-refractivity contribution in [3.63, 3.8) is 0 Å². The molecule has 0 amide bonds. The van der Waals surface area contributed by atoms with Crippen LogP contribution < -0.4 is 0 Å². The van der Waals surface area contributed by atoms with Crippen molar-refractivity contribution in [3.05, 3.63) is 36.5 Å². The van der Waals surface area contributed by atoms with Gasteiger partial charge in [-0.1, -0.05) is 19.1 Å². The minimum absolute atomic E-state index is 0.0741. The largest absolute Gasteiger partial charge is 0.604 e. The van der Waals surface area contributed by atoms with Crippen LogP contribution in [0, 0.1) is 0 Å². The van der Waals surface area contributed by atoms with Gasteiger partial charge in [0.15, 0.2) is 20.4 Å². The Morgan fingerprint density at radius 2 is 1.93 bits per heavy atom. The van der Waals surface area contributed by atoms with Crippen LogP contribution in [-0.2, 0) is 28.1 Å². The highest BCUT2D eigenvalue weighted by Gasteiger charge is 2.46. The molecule has 1 unspecified atom stereocenters. The first-order valence-corrected chi connectivity index (χ1v) is 10.5. The van der Waals surface area contributed by atoms with Crippen molar-refractivity contribution in [1.29, 1.82) is 0 Å². The molecule has 0 bridgehead atoms. The maximum absolute atomic E-state index is 12.7. The Labute approximate surface area is 156 Å². The van der Waals surface area contributed by atoms with Gasteiger partial charge in [-0.05, 0) is 12.1 Å². The van der Waals surface area contributed by atoms with Crippen LogP contribution in [-0.4, -0.2) is 38.8 Å². The number of aryl methyl sites for hydroxylation is 1. The van der Waals surface area contributed by atoms with Crippen molar-refractivity contribution < 1.29 is 26.1 Å². The van der Waals surface area contributed by atoms with Crippen LogP contribution in [0.3, 0.4) is 0 Å². The summed E-state index contributed by atoms with van der Waals surface area (Å²) < 4.78 is 75.8. The van der Waals surface area contributed by atoms with Gasteiger partial charge in [-0.2, -0.15) is 0 Å². The highest BCUT2D eigenvalue weighted by molar-refractivity contribution is 7.92. The monoisotopic (exact) mass is 417 g/mol. The molecule has 11 heteroatoms. The lowest BCUT2D eigenvalue weighted by Gasteiger charge is -2.11. The number of halogens is 3. The van der Waals surface area contributed by atoms with E-state index in [0.717, 1.165) is 12.3 Å². The third-order valence-corrected chi connectivity index (χ3v) is 6.81. The van der Waals surface area contributed by atoms with E-state index in [4.69, 9.17) is 0 Å². The van der Waals surface area contributed by atoms with Crippen LogP contribution in [0.2, 0.25) is 0 Å². The molecule has 2 aromatic heterocycles. The van der Waals surface area contributed by atoms with Crippen molar-refractivity contribution in [1.82, 2.24) is 14.5 Å². The Bertz CT molecular complexity index is 1110. The number of pyridine rings is 1. The van der Waals surface area contributed by atoms with E-state index >= 15 is 0 Å². The Morgan fingerprint density at radius 1 is 1.26 bits per heavy atom. The van der Waals surface area contributed by atoms with Gasteiger partial charge in [0.1, 0.15) is 22.5 Å². The summed E-state index contributed by atoms with van der Waals surface area (Å²) >= 11 is -3.23. The van der Waals surface area contributed by atoms with Crippen molar-refractivity contribution in [2.75, 3.05) is 5.75 Å². The molecular formula is C16H14F3N3O3S2. The molecule has 0 fully saturated rings. The third-order valence-electron chi connectivity index (χ3n) is 3.95. The Balaban J connectivity index is 2.20. The predicted molar refractivity (Wildman–Crippen MR) is 94.1 cm³/mol. The van der Waals surface area contributed by atoms with Crippen LogP contribution in [0.1, 0.15) is 6.92 Å². The third kappa shape index (κ3) is 3.54. The number of benzene rings is 1. The molecule has 0 spiro atoms. The second-order valence-electron chi connectivity index (χ2n) is 5.62. The Kier molecular flexibility index (Phi) is 4.95. The molecule has 0 N–H and O–H groups in total. The lowest BCUT2D eigenvalue weighted by atomic mass is 10.2. The fraction of sp³-hybridized carbons (Fsp3) is 0.250. The molecule has 0 aliphatic rings. The Morgan fingerprint density at radius 3 is 2.56 bits per heavy atom. The minimum atomic E-state index is -4.91. The topological polar surface area (TPSA) is 87.9 Å². The van der Waals surface area contributed by atoms with Gasteiger partial charge in [-0.3, -0.25) is 0 Å². The lowest BCUT2D eigenvalue weighted by Crippen LogP contribution is -2.23. The predicted octanol–water partition coefficient (Wildman–Crippen LogP) is 3.06. The molecule has 6 nitrogen and oxygen atoms in total. The van der Waals surface area contributed by atoms with Crippen molar-refractivity contribution in [2.45, 2.75) is 22.2 Å². The van der Waals surface area contributed by atoms with Crippen LogP contribution in [0.5, 0.6) is 0 Å². The second-order valence-corrected chi connectivity index (χ2v) is 9.34. The molecule has 27 heavy (non-hydrogen) atoms. The summed E-state index contributed by atoms with van der Waals surface area (Å²) in [5.41, 5.74) is -4.25. The zero-order chi connectivity index (χ0) is 20.0. The number of rotatable bonds is 4. The zero-order valence-electron chi connectivity index (χ0n) is 14.2. The van der Waals surface area contributed by atoms with E-state index in [-0.39, 0.29) is 27.6 Å². The molecule has 0 aliphatic carbocycles. The van der Waals surface area contributed by atoms with Gasteiger partial charge < -0.3 is 9.12 Å². The standard InChI is InChI=1S/C16H14F3N3O3S2/c1-3-27(24,25)13-7-5-4-6-11(13)14-21-12-8-10(26(23)16(17,18)19)9-20-15(12)22(14)2/h4-9H,3H2,1-2H3. The number of sulfone groups is 1. The molecule has 2 heterocycles. The van der Waals surface area contributed by atoms with E-state index in [2.05, 4.69) is 9.97 Å². The average Bonchev–Trinajstić information content (AvgIpc) is 2.96. The summed E-state index contributed by atoms with van der Waals surface area (Å²) in [6.07, 6.45) is 0.881. The smallest absolute Gasteiger partial charge is 0.578 e. The highest BCUT2D eigenvalue weighted by Crippen LogP contribution is 2.33. The molecule has 1 aromatic carbocycles. The number of imidazole rings is 1. The average molecular weight is 417 g/mol. The lowest BCUT2D eigenvalue weighted by molar-refractivity contribution is -0.0435. The molecular weight excluding hydrogens is 403 g/mol. The first-order valence-electron chi connectivity index (χ1n) is 7.69. The van der Waals surface area contributed by atoms with E-state index in [0.29, 0.717) is 5.56 Å². The van der Waals surface area contributed by atoms with Crippen LogP contribution in [0.4, 0.5) is 13.2 Å². The summed E-state index contributed by atoms with van der Waals surface area (Å²) in [5.74, 6) is 0.126. The number of fused-ring (bicyclic) bond motifs is 1. The van der Waals surface area contributed by atoms with E-state index in [1.807, 2.05) is 0 Å². The minimum Gasteiger partial charge on any atom is -0.604 e. The van der Waals surface area contributed by atoms with Gasteiger partial charge >= 0.3 is 5.51 Å². The first kappa shape index (κ1) is 19.6. The Hall–Kier alpha value is -2.11. The number of hydrogen-bond acceptors (Lipinski definition) is 5. The van der Waals surface area contributed by atoms with E-state index in [9.17, 15) is 26.1 Å². The summed E-state index contributed by atoms with van der Waals surface area (Å²) in [5, 5.41) is 0. The molecule has 0 saturated heterocycles. The molecule has 3 aromatic rings. The van der Waals surface area contributed by atoms with Gasteiger partial charge in [-0.15, -0.1) is 13.2 Å². The van der Waals surface area contributed by atoms with Gasteiger partial charge in [0, 0.05) is 18.7 Å².